The molecular weight excluding hydrogens is 264 g/mol. The van der Waals surface area contributed by atoms with Crippen LogP contribution in [0.5, 0.6) is 0 Å². The molecule has 0 bridgehead atoms. The third kappa shape index (κ3) is 3.06. The molecule has 1 N–H and O–H groups in total. The summed E-state index contributed by atoms with van der Waals surface area (Å²) in [4.78, 5) is 12.0. The van der Waals surface area contributed by atoms with Gasteiger partial charge in [0.25, 0.3) is 0 Å². The smallest absolute Gasteiger partial charge is 0.227 e. The minimum Gasteiger partial charge on any atom is -0.378 e. The normalized spacial score (nSPS) is 16.3. The van der Waals surface area contributed by atoms with Gasteiger partial charge in [0.2, 0.25) is 5.91 Å². The molecule has 19 heavy (non-hydrogen) atoms. The van der Waals surface area contributed by atoms with Crippen LogP contribution in [-0.4, -0.2) is 18.6 Å². The molecule has 0 aromatic heterocycles. The molecule has 0 unspecified atom stereocenters. The van der Waals surface area contributed by atoms with Gasteiger partial charge in [0.15, 0.2) is 0 Å². The first-order chi connectivity index (χ1) is 9.08. The summed E-state index contributed by atoms with van der Waals surface area (Å²) in [7, 11) is 1.64. The van der Waals surface area contributed by atoms with E-state index < -0.39 is 0 Å². The number of nitriles is 1. The maximum absolute atomic E-state index is 12.0. The summed E-state index contributed by atoms with van der Waals surface area (Å²) in [6, 6.07) is 6.79. The van der Waals surface area contributed by atoms with Gasteiger partial charge in [0, 0.05) is 7.11 Å². The quantitative estimate of drug-likeness (QED) is 0.920. The first-order valence-electron chi connectivity index (χ1n) is 6.13. The van der Waals surface area contributed by atoms with E-state index in [1.807, 2.05) is 6.07 Å². The lowest BCUT2D eigenvalue weighted by atomic mass is 9.77. The lowest BCUT2D eigenvalue weighted by molar-refractivity contribution is -0.129. The fourth-order valence-corrected chi connectivity index (χ4v) is 2.43. The zero-order chi connectivity index (χ0) is 13.9. The van der Waals surface area contributed by atoms with Crippen molar-refractivity contribution in [2.24, 2.45) is 0 Å². The van der Waals surface area contributed by atoms with Crippen molar-refractivity contribution in [3.8, 4) is 6.07 Å². The molecule has 4 nitrogen and oxygen atoms in total. The zero-order valence-corrected chi connectivity index (χ0v) is 11.5. The van der Waals surface area contributed by atoms with Crippen LogP contribution in [0.4, 0.5) is 5.69 Å². The topological polar surface area (TPSA) is 62.1 Å². The second kappa shape index (κ2) is 5.60. The molecule has 100 valence electrons. The molecule has 0 atom stereocenters. The molecule has 0 aliphatic heterocycles. The van der Waals surface area contributed by atoms with Crippen molar-refractivity contribution in [2.45, 2.75) is 31.3 Å². The van der Waals surface area contributed by atoms with Crippen LogP contribution in [0.25, 0.3) is 0 Å². The van der Waals surface area contributed by atoms with Gasteiger partial charge in [-0.2, -0.15) is 5.26 Å². The van der Waals surface area contributed by atoms with Gasteiger partial charge >= 0.3 is 0 Å². The molecule has 1 aromatic rings. The Labute approximate surface area is 117 Å². The predicted molar refractivity (Wildman–Crippen MR) is 73.0 cm³/mol. The average molecular weight is 279 g/mol. The van der Waals surface area contributed by atoms with Crippen LogP contribution in [0.2, 0.25) is 5.02 Å². The van der Waals surface area contributed by atoms with Gasteiger partial charge in [-0.3, -0.25) is 4.79 Å². The van der Waals surface area contributed by atoms with Gasteiger partial charge in [0.05, 0.1) is 34.4 Å². The number of amides is 1. The fraction of sp³-hybridized carbons (Fsp3) is 0.429. The third-order valence-corrected chi connectivity index (χ3v) is 3.87. The molecule has 1 fully saturated rings. The molecule has 1 saturated carbocycles. The first kappa shape index (κ1) is 13.9. The van der Waals surface area contributed by atoms with Crippen molar-refractivity contribution in [1.82, 2.24) is 0 Å². The summed E-state index contributed by atoms with van der Waals surface area (Å²) in [6.07, 6.45) is 3.26. The molecule has 2 rings (SSSR count). The molecular formula is C14H15ClN2O2. The van der Waals surface area contributed by atoms with E-state index in [0.29, 0.717) is 22.7 Å². The number of methoxy groups -OCH3 is 1. The van der Waals surface area contributed by atoms with Crippen molar-refractivity contribution < 1.29 is 9.53 Å². The summed E-state index contributed by atoms with van der Waals surface area (Å²) in [6.45, 7) is 0. The number of ether oxygens (including phenoxy) is 1. The highest BCUT2D eigenvalue weighted by Crippen LogP contribution is 2.38. The Morgan fingerprint density at radius 1 is 1.58 bits per heavy atom. The van der Waals surface area contributed by atoms with Crippen molar-refractivity contribution in [2.75, 3.05) is 12.4 Å². The van der Waals surface area contributed by atoms with Gasteiger partial charge < -0.3 is 10.1 Å². The lowest BCUT2D eigenvalue weighted by Crippen LogP contribution is -2.42. The number of halogens is 1. The number of carbonyl (C=O) groups is 1. The Hall–Kier alpha value is -1.57. The van der Waals surface area contributed by atoms with Gasteiger partial charge in [-0.25, -0.2) is 0 Å². The highest BCUT2D eigenvalue weighted by molar-refractivity contribution is 6.33. The van der Waals surface area contributed by atoms with Crippen molar-refractivity contribution in [1.29, 1.82) is 5.26 Å². The average Bonchev–Trinajstić information content (AvgIpc) is 2.36. The van der Waals surface area contributed by atoms with Crippen LogP contribution < -0.4 is 5.32 Å². The Kier molecular flexibility index (Phi) is 4.08. The summed E-state index contributed by atoms with van der Waals surface area (Å²) in [5, 5.41) is 11.9. The molecule has 0 radical (unpaired) electrons. The van der Waals surface area contributed by atoms with E-state index >= 15 is 0 Å². The van der Waals surface area contributed by atoms with E-state index in [1.54, 1.807) is 19.2 Å². The number of hydrogen-bond acceptors (Lipinski definition) is 3. The molecule has 1 aliphatic rings. The summed E-state index contributed by atoms with van der Waals surface area (Å²) < 4.78 is 5.41. The van der Waals surface area contributed by atoms with Crippen LogP contribution in [0.1, 0.15) is 31.2 Å². The van der Waals surface area contributed by atoms with Gasteiger partial charge in [-0.05, 0) is 37.5 Å². The van der Waals surface area contributed by atoms with Gasteiger partial charge in [-0.15, -0.1) is 0 Å². The van der Waals surface area contributed by atoms with Gasteiger partial charge in [0.1, 0.15) is 0 Å². The molecule has 0 heterocycles. The standard InChI is InChI=1S/C14H15ClN2O2/c1-19-14(5-2-6-14)8-13(18)17-12-4-3-10(9-16)7-11(12)15/h3-4,7H,2,5-6,8H2,1H3,(H,17,18). The molecule has 1 aromatic carbocycles. The van der Waals surface area contributed by atoms with E-state index in [0.717, 1.165) is 19.3 Å². The van der Waals surface area contributed by atoms with E-state index in [1.165, 1.54) is 6.07 Å². The number of nitrogens with one attached hydrogen (secondary N) is 1. The fourth-order valence-electron chi connectivity index (χ4n) is 2.20. The summed E-state index contributed by atoms with van der Waals surface area (Å²) >= 11 is 6.01. The second-order valence-corrected chi connectivity index (χ2v) is 5.18. The minimum atomic E-state index is -0.302. The molecule has 1 amide bonds. The van der Waals surface area contributed by atoms with Crippen LogP contribution in [0, 0.1) is 11.3 Å². The maximum Gasteiger partial charge on any atom is 0.227 e. The number of nitrogens with zero attached hydrogens (tertiary/aromatic N) is 1. The lowest BCUT2D eigenvalue weighted by Gasteiger charge is -2.39. The zero-order valence-electron chi connectivity index (χ0n) is 10.7. The Morgan fingerprint density at radius 3 is 2.79 bits per heavy atom. The van der Waals surface area contributed by atoms with E-state index in [-0.39, 0.29) is 11.5 Å². The monoisotopic (exact) mass is 278 g/mol. The minimum absolute atomic E-state index is 0.117. The second-order valence-electron chi connectivity index (χ2n) is 4.77. The number of hydrogen-bond donors (Lipinski definition) is 1. The van der Waals surface area contributed by atoms with Crippen molar-refractivity contribution in [3.63, 3.8) is 0 Å². The number of rotatable bonds is 4. The van der Waals surface area contributed by atoms with E-state index in [9.17, 15) is 4.79 Å². The number of benzene rings is 1. The molecule has 1 aliphatic carbocycles. The van der Waals surface area contributed by atoms with Crippen LogP contribution >= 0.6 is 11.6 Å². The SMILES string of the molecule is COC1(CC(=O)Nc2ccc(C#N)cc2Cl)CCC1. The van der Waals surface area contributed by atoms with E-state index in [4.69, 9.17) is 21.6 Å². The first-order valence-corrected chi connectivity index (χ1v) is 6.51. The van der Waals surface area contributed by atoms with E-state index in [2.05, 4.69) is 5.32 Å². The Bertz CT molecular complexity index is 527. The van der Waals surface area contributed by atoms with Crippen LogP contribution in [0.15, 0.2) is 18.2 Å². The predicted octanol–water partition coefficient (Wildman–Crippen LogP) is 3.11. The van der Waals surface area contributed by atoms with Crippen molar-refractivity contribution in [3.05, 3.63) is 28.8 Å². The van der Waals surface area contributed by atoms with Crippen molar-refractivity contribution >= 4 is 23.2 Å². The Morgan fingerprint density at radius 2 is 2.32 bits per heavy atom. The Balaban J connectivity index is 2.01. The molecule has 0 spiro atoms. The highest BCUT2D eigenvalue weighted by Gasteiger charge is 2.39. The number of anilines is 1. The van der Waals surface area contributed by atoms with Crippen LogP contribution in [0.3, 0.4) is 0 Å². The van der Waals surface area contributed by atoms with Gasteiger partial charge in [-0.1, -0.05) is 11.6 Å². The summed E-state index contributed by atoms with van der Waals surface area (Å²) in [5.74, 6) is -0.117. The maximum atomic E-state index is 12.0. The third-order valence-electron chi connectivity index (χ3n) is 3.55. The molecule has 0 saturated heterocycles. The molecule has 5 heteroatoms. The van der Waals surface area contributed by atoms with Crippen LogP contribution in [-0.2, 0) is 9.53 Å². The highest BCUT2D eigenvalue weighted by atomic mass is 35.5. The largest absolute Gasteiger partial charge is 0.378 e. The number of carbonyl (C=O) groups excluding carboxylic acids is 1. The summed E-state index contributed by atoms with van der Waals surface area (Å²) in [5.41, 5.74) is 0.690.